The molecule has 1 aromatic carbocycles. The molecule has 0 spiro atoms. The average molecular weight is 216 g/mol. The van der Waals surface area contributed by atoms with Crippen molar-refractivity contribution in [2.75, 3.05) is 0 Å². The maximum atomic E-state index is 11.9. The number of ether oxygens (including phenoxy) is 1. The Balaban J connectivity index is 2.05. The molecule has 0 bridgehead atoms. The van der Waals surface area contributed by atoms with E-state index in [4.69, 9.17) is 4.74 Å². The molecule has 0 heterocycles. The van der Waals surface area contributed by atoms with Gasteiger partial charge in [-0.3, -0.25) is 0 Å². The summed E-state index contributed by atoms with van der Waals surface area (Å²) in [6.07, 6.45) is 6.92. The number of esters is 1. The molecule has 0 N–H and O–H groups in total. The first-order chi connectivity index (χ1) is 7.70. The van der Waals surface area contributed by atoms with Crippen LogP contribution in [0.1, 0.15) is 36.5 Å². The van der Waals surface area contributed by atoms with E-state index >= 15 is 0 Å². The molecule has 1 unspecified atom stereocenters. The first-order valence-corrected chi connectivity index (χ1v) is 5.63. The number of carbonyl (C=O) groups excluding carboxylic acids is 1. The zero-order valence-corrected chi connectivity index (χ0v) is 9.48. The number of carbonyl (C=O) groups is 1. The third-order valence-corrected chi connectivity index (χ3v) is 2.90. The fourth-order valence-corrected chi connectivity index (χ4v) is 1.89. The predicted octanol–water partition coefficient (Wildman–Crippen LogP) is 3.34. The Kier molecular flexibility index (Phi) is 3.09. The van der Waals surface area contributed by atoms with Crippen LogP contribution in [0.4, 0.5) is 0 Å². The molecule has 16 heavy (non-hydrogen) atoms. The molecule has 0 saturated heterocycles. The van der Waals surface area contributed by atoms with Gasteiger partial charge in [0.15, 0.2) is 0 Å². The molecule has 0 fully saturated rings. The van der Waals surface area contributed by atoms with Gasteiger partial charge >= 0.3 is 5.97 Å². The summed E-state index contributed by atoms with van der Waals surface area (Å²) in [6, 6.07) is 9.15. The van der Waals surface area contributed by atoms with Gasteiger partial charge in [-0.25, -0.2) is 4.79 Å². The molecule has 2 heteroatoms. The van der Waals surface area contributed by atoms with E-state index in [2.05, 4.69) is 12.2 Å². The van der Waals surface area contributed by atoms with Crippen LogP contribution >= 0.6 is 0 Å². The summed E-state index contributed by atoms with van der Waals surface area (Å²) >= 11 is 0. The lowest BCUT2D eigenvalue weighted by Crippen LogP contribution is -2.32. The lowest BCUT2D eigenvalue weighted by molar-refractivity contribution is -0.0133. The molecule has 2 nitrogen and oxygen atoms in total. The smallest absolute Gasteiger partial charge is 0.338 e. The second-order valence-electron chi connectivity index (χ2n) is 4.42. The van der Waals surface area contributed by atoms with E-state index in [1.54, 1.807) is 12.1 Å². The van der Waals surface area contributed by atoms with Gasteiger partial charge in [0.25, 0.3) is 0 Å². The van der Waals surface area contributed by atoms with Gasteiger partial charge in [0.05, 0.1) is 5.56 Å². The van der Waals surface area contributed by atoms with E-state index in [1.165, 1.54) is 0 Å². The lowest BCUT2D eigenvalue weighted by atomic mass is 9.91. The van der Waals surface area contributed by atoms with E-state index in [1.807, 2.05) is 25.1 Å². The molecule has 1 aromatic rings. The van der Waals surface area contributed by atoms with Crippen molar-refractivity contribution >= 4 is 5.97 Å². The highest BCUT2D eigenvalue weighted by atomic mass is 16.6. The van der Waals surface area contributed by atoms with E-state index in [0.717, 1.165) is 19.3 Å². The molecule has 1 atom stereocenters. The second kappa shape index (κ2) is 4.52. The van der Waals surface area contributed by atoms with Crippen molar-refractivity contribution in [2.24, 2.45) is 0 Å². The molecule has 0 aromatic heterocycles. The van der Waals surface area contributed by atoms with Crippen LogP contribution in [0.2, 0.25) is 0 Å². The van der Waals surface area contributed by atoms with Crippen LogP contribution in [0.25, 0.3) is 0 Å². The van der Waals surface area contributed by atoms with Gasteiger partial charge in [-0.2, -0.15) is 0 Å². The van der Waals surface area contributed by atoms with Crippen molar-refractivity contribution in [3.05, 3.63) is 48.0 Å². The number of hydrogen-bond acceptors (Lipinski definition) is 2. The molecule has 1 aliphatic rings. The minimum atomic E-state index is -0.332. The van der Waals surface area contributed by atoms with Gasteiger partial charge in [-0.1, -0.05) is 30.4 Å². The third-order valence-electron chi connectivity index (χ3n) is 2.90. The topological polar surface area (TPSA) is 26.3 Å². The van der Waals surface area contributed by atoms with Crippen LogP contribution in [0.15, 0.2) is 42.5 Å². The van der Waals surface area contributed by atoms with Crippen molar-refractivity contribution in [2.45, 2.75) is 31.8 Å². The van der Waals surface area contributed by atoms with Crippen molar-refractivity contribution < 1.29 is 9.53 Å². The zero-order valence-electron chi connectivity index (χ0n) is 9.48. The standard InChI is InChI=1S/C14H16O2/c1-14(10-6-3-7-11-14)16-13(15)12-8-4-2-5-9-12/h2-6,8-9H,7,10-11H2,1H3. The molecule has 0 aliphatic heterocycles. The number of rotatable bonds is 2. The maximum absolute atomic E-state index is 11.9. The highest BCUT2D eigenvalue weighted by molar-refractivity contribution is 5.89. The van der Waals surface area contributed by atoms with E-state index in [9.17, 15) is 4.79 Å². The molecular weight excluding hydrogens is 200 g/mol. The minimum absolute atomic E-state index is 0.224. The minimum Gasteiger partial charge on any atom is -0.455 e. The van der Waals surface area contributed by atoms with Crippen LogP contribution in [0, 0.1) is 0 Å². The molecule has 84 valence electrons. The second-order valence-corrected chi connectivity index (χ2v) is 4.42. The van der Waals surface area contributed by atoms with Crippen LogP contribution in [-0.2, 0) is 4.74 Å². The summed E-state index contributed by atoms with van der Waals surface area (Å²) in [5, 5.41) is 0. The number of hydrogen-bond donors (Lipinski definition) is 0. The Labute approximate surface area is 95.9 Å². The molecule has 0 amide bonds. The fourth-order valence-electron chi connectivity index (χ4n) is 1.89. The Bertz CT molecular complexity index is 394. The van der Waals surface area contributed by atoms with Crippen molar-refractivity contribution in [1.29, 1.82) is 0 Å². The van der Waals surface area contributed by atoms with E-state index < -0.39 is 0 Å². The van der Waals surface area contributed by atoms with Crippen molar-refractivity contribution in [3.63, 3.8) is 0 Å². The van der Waals surface area contributed by atoms with Gasteiger partial charge in [0, 0.05) is 6.42 Å². The molecule has 1 aliphatic carbocycles. The first kappa shape index (κ1) is 10.9. The van der Waals surface area contributed by atoms with Gasteiger partial charge in [0.1, 0.15) is 5.60 Å². The lowest BCUT2D eigenvalue weighted by Gasteiger charge is -2.30. The van der Waals surface area contributed by atoms with Crippen LogP contribution < -0.4 is 0 Å². The van der Waals surface area contributed by atoms with Gasteiger partial charge in [-0.05, 0) is 31.9 Å². The number of allylic oxidation sites excluding steroid dienone is 1. The van der Waals surface area contributed by atoms with Gasteiger partial charge in [0.2, 0.25) is 0 Å². The Hall–Kier alpha value is -1.57. The zero-order chi connectivity index (χ0) is 11.4. The summed E-state index contributed by atoms with van der Waals surface area (Å²) in [5.41, 5.74) is 0.292. The SMILES string of the molecule is CC1(OC(=O)c2ccccc2)CC=CCC1. The fraction of sp³-hybridized carbons (Fsp3) is 0.357. The Morgan fingerprint density at radius 2 is 2.00 bits per heavy atom. The van der Waals surface area contributed by atoms with Crippen molar-refractivity contribution in [3.8, 4) is 0 Å². The monoisotopic (exact) mass is 216 g/mol. The summed E-state index contributed by atoms with van der Waals surface area (Å²) in [6.45, 7) is 2.00. The molecular formula is C14H16O2. The van der Waals surface area contributed by atoms with Gasteiger partial charge in [-0.15, -0.1) is 0 Å². The molecule has 2 rings (SSSR count). The normalized spacial score (nSPS) is 24.1. The highest BCUT2D eigenvalue weighted by Gasteiger charge is 2.29. The Morgan fingerprint density at radius 3 is 2.62 bits per heavy atom. The molecule has 0 radical (unpaired) electrons. The predicted molar refractivity (Wildman–Crippen MR) is 63.3 cm³/mol. The van der Waals surface area contributed by atoms with E-state index in [-0.39, 0.29) is 11.6 Å². The first-order valence-electron chi connectivity index (χ1n) is 5.63. The van der Waals surface area contributed by atoms with Gasteiger partial charge < -0.3 is 4.74 Å². The van der Waals surface area contributed by atoms with Crippen LogP contribution in [-0.4, -0.2) is 11.6 Å². The molecule has 0 saturated carbocycles. The number of benzene rings is 1. The maximum Gasteiger partial charge on any atom is 0.338 e. The third kappa shape index (κ3) is 2.51. The van der Waals surface area contributed by atoms with Crippen molar-refractivity contribution in [1.82, 2.24) is 0 Å². The van der Waals surface area contributed by atoms with Crippen LogP contribution in [0.3, 0.4) is 0 Å². The highest BCUT2D eigenvalue weighted by Crippen LogP contribution is 2.27. The van der Waals surface area contributed by atoms with E-state index in [0.29, 0.717) is 5.56 Å². The summed E-state index contributed by atoms with van der Waals surface area (Å²) < 4.78 is 5.57. The largest absolute Gasteiger partial charge is 0.455 e. The Morgan fingerprint density at radius 1 is 1.25 bits per heavy atom. The van der Waals surface area contributed by atoms with Crippen LogP contribution in [0.5, 0.6) is 0 Å². The summed E-state index contributed by atoms with van der Waals surface area (Å²) in [5.74, 6) is -0.224. The summed E-state index contributed by atoms with van der Waals surface area (Å²) in [7, 11) is 0. The summed E-state index contributed by atoms with van der Waals surface area (Å²) in [4.78, 5) is 11.9. The quantitative estimate of drug-likeness (QED) is 0.560. The average Bonchev–Trinajstić information content (AvgIpc) is 2.30.